The second kappa shape index (κ2) is 4.01. The first kappa shape index (κ1) is 11.3. The highest BCUT2D eigenvalue weighted by Crippen LogP contribution is 2.25. The smallest absolute Gasteiger partial charge is 0.341 e. The average Bonchev–Trinajstić information content (AvgIpc) is 2.32. The van der Waals surface area contributed by atoms with Crippen molar-refractivity contribution in [1.29, 1.82) is 0 Å². The molecule has 2 aromatic rings. The highest BCUT2D eigenvalue weighted by molar-refractivity contribution is 5.96. The van der Waals surface area contributed by atoms with Crippen molar-refractivity contribution in [3.8, 4) is 5.88 Å². The second-order valence-corrected chi connectivity index (χ2v) is 3.59. The Balaban J connectivity index is 2.83. The van der Waals surface area contributed by atoms with Gasteiger partial charge in [-0.05, 0) is 25.1 Å². The maximum Gasteiger partial charge on any atom is 0.341 e. The number of pyridine rings is 1. The number of aromatic carboxylic acids is 1. The van der Waals surface area contributed by atoms with Crippen molar-refractivity contribution >= 4 is 16.9 Å². The van der Waals surface area contributed by atoms with E-state index in [1.54, 1.807) is 6.92 Å². The summed E-state index contributed by atoms with van der Waals surface area (Å²) in [5.41, 5.74) is 0.746. The van der Waals surface area contributed by atoms with Gasteiger partial charge in [0.15, 0.2) is 0 Å². The molecular formula is C12H10FNO3. The number of hydrogen-bond acceptors (Lipinski definition) is 3. The van der Waals surface area contributed by atoms with Gasteiger partial charge in [0.05, 0.1) is 12.6 Å². The Morgan fingerprint density at radius 2 is 2.18 bits per heavy atom. The van der Waals surface area contributed by atoms with Crippen LogP contribution in [-0.4, -0.2) is 23.2 Å². The van der Waals surface area contributed by atoms with Gasteiger partial charge in [0.25, 0.3) is 0 Å². The number of benzene rings is 1. The number of aryl methyl sites for hydroxylation is 1. The van der Waals surface area contributed by atoms with Gasteiger partial charge >= 0.3 is 5.97 Å². The fourth-order valence-electron chi connectivity index (χ4n) is 1.65. The normalized spacial score (nSPS) is 10.5. The molecule has 0 unspecified atom stereocenters. The number of aromatic nitrogens is 1. The third kappa shape index (κ3) is 1.80. The molecule has 0 fully saturated rings. The SMILES string of the molecule is COc1nc2c(C)c(F)ccc2cc1C(=O)O. The number of hydrogen-bond donors (Lipinski definition) is 1. The largest absolute Gasteiger partial charge is 0.480 e. The van der Waals surface area contributed by atoms with Gasteiger partial charge in [0.2, 0.25) is 5.88 Å². The summed E-state index contributed by atoms with van der Waals surface area (Å²) in [6, 6.07) is 4.21. The molecule has 2 rings (SSSR count). The van der Waals surface area contributed by atoms with Crippen LogP contribution in [0, 0.1) is 12.7 Å². The summed E-state index contributed by atoms with van der Waals surface area (Å²) < 4.78 is 18.2. The molecule has 0 spiro atoms. The maximum atomic E-state index is 13.3. The molecule has 1 N–H and O–H groups in total. The molecular weight excluding hydrogens is 225 g/mol. The van der Waals surface area contributed by atoms with E-state index in [-0.39, 0.29) is 17.3 Å². The molecule has 0 amide bonds. The van der Waals surface area contributed by atoms with E-state index in [1.165, 1.54) is 25.3 Å². The van der Waals surface area contributed by atoms with Crippen molar-refractivity contribution in [2.24, 2.45) is 0 Å². The molecule has 0 atom stereocenters. The third-order valence-corrected chi connectivity index (χ3v) is 2.56. The fourth-order valence-corrected chi connectivity index (χ4v) is 1.65. The topological polar surface area (TPSA) is 59.4 Å². The maximum absolute atomic E-state index is 13.3. The molecule has 88 valence electrons. The predicted molar refractivity (Wildman–Crippen MR) is 59.9 cm³/mol. The fraction of sp³-hybridized carbons (Fsp3) is 0.167. The summed E-state index contributed by atoms with van der Waals surface area (Å²) in [7, 11) is 1.33. The Morgan fingerprint density at radius 3 is 2.76 bits per heavy atom. The molecule has 0 radical (unpaired) electrons. The first-order valence-electron chi connectivity index (χ1n) is 4.91. The number of nitrogens with zero attached hydrogens (tertiary/aromatic N) is 1. The Labute approximate surface area is 96.7 Å². The van der Waals surface area contributed by atoms with E-state index >= 15 is 0 Å². The van der Waals surface area contributed by atoms with Crippen LogP contribution in [0.25, 0.3) is 10.9 Å². The molecule has 0 saturated carbocycles. The molecule has 1 aromatic carbocycles. The van der Waals surface area contributed by atoms with E-state index in [4.69, 9.17) is 9.84 Å². The quantitative estimate of drug-likeness (QED) is 0.868. The molecule has 0 bridgehead atoms. The van der Waals surface area contributed by atoms with E-state index in [0.29, 0.717) is 16.5 Å². The van der Waals surface area contributed by atoms with Crippen molar-refractivity contribution in [1.82, 2.24) is 4.98 Å². The molecule has 0 aliphatic heterocycles. The predicted octanol–water partition coefficient (Wildman–Crippen LogP) is 2.39. The summed E-state index contributed by atoms with van der Waals surface area (Å²) in [5, 5.41) is 9.56. The minimum atomic E-state index is -1.13. The van der Waals surface area contributed by atoms with Crippen LogP contribution in [0.4, 0.5) is 4.39 Å². The minimum absolute atomic E-state index is 0.0151. The lowest BCUT2D eigenvalue weighted by Gasteiger charge is -2.08. The molecule has 1 aromatic heterocycles. The van der Waals surface area contributed by atoms with Gasteiger partial charge in [-0.1, -0.05) is 0 Å². The van der Waals surface area contributed by atoms with E-state index in [2.05, 4.69) is 4.98 Å². The summed E-state index contributed by atoms with van der Waals surface area (Å²) in [6.07, 6.45) is 0. The van der Waals surface area contributed by atoms with Gasteiger partial charge in [0, 0.05) is 10.9 Å². The summed E-state index contributed by atoms with van der Waals surface area (Å²) in [5.74, 6) is -1.52. The van der Waals surface area contributed by atoms with Gasteiger partial charge in [-0.2, -0.15) is 0 Å². The van der Waals surface area contributed by atoms with E-state index in [9.17, 15) is 9.18 Å². The lowest BCUT2D eigenvalue weighted by molar-refractivity contribution is 0.0692. The van der Waals surface area contributed by atoms with Crippen molar-refractivity contribution in [2.45, 2.75) is 6.92 Å². The zero-order valence-electron chi connectivity index (χ0n) is 9.32. The van der Waals surface area contributed by atoms with Crippen LogP contribution in [0.5, 0.6) is 5.88 Å². The van der Waals surface area contributed by atoms with Crippen LogP contribution >= 0.6 is 0 Å². The number of ether oxygens (including phenoxy) is 1. The molecule has 17 heavy (non-hydrogen) atoms. The zero-order chi connectivity index (χ0) is 12.6. The van der Waals surface area contributed by atoms with Gasteiger partial charge in [-0.3, -0.25) is 0 Å². The van der Waals surface area contributed by atoms with E-state index < -0.39 is 5.97 Å². The lowest BCUT2D eigenvalue weighted by atomic mass is 10.1. The van der Waals surface area contributed by atoms with Crippen LogP contribution in [0.3, 0.4) is 0 Å². The Kier molecular flexibility index (Phi) is 2.67. The van der Waals surface area contributed by atoms with Crippen molar-refractivity contribution < 1.29 is 19.0 Å². The minimum Gasteiger partial charge on any atom is -0.480 e. The molecule has 5 heteroatoms. The summed E-state index contributed by atoms with van der Waals surface area (Å²) in [6.45, 7) is 1.59. The van der Waals surface area contributed by atoms with Crippen LogP contribution < -0.4 is 4.74 Å². The average molecular weight is 235 g/mol. The first-order chi connectivity index (χ1) is 8.04. The number of carboxylic acid groups (broad SMARTS) is 1. The van der Waals surface area contributed by atoms with Gasteiger partial charge < -0.3 is 9.84 Å². The standard InChI is InChI=1S/C12H10FNO3/c1-6-9(13)4-3-7-5-8(12(15)16)11(17-2)14-10(6)7/h3-5H,1-2H3,(H,15,16). The van der Waals surface area contributed by atoms with Crippen LogP contribution in [0.15, 0.2) is 18.2 Å². The third-order valence-electron chi connectivity index (χ3n) is 2.56. The van der Waals surface area contributed by atoms with E-state index in [1.807, 2.05) is 0 Å². The van der Waals surface area contributed by atoms with Crippen molar-refractivity contribution in [3.63, 3.8) is 0 Å². The molecule has 0 aliphatic carbocycles. The summed E-state index contributed by atoms with van der Waals surface area (Å²) in [4.78, 5) is 15.0. The summed E-state index contributed by atoms with van der Waals surface area (Å²) >= 11 is 0. The highest BCUT2D eigenvalue weighted by Gasteiger charge is 2.15. The monoisotopic (exact) mass is 235 g/mol. The van der Waals surface area contributed by atoms with Crippen molar-refractivity contribution in [3.05, 3.63) is 35.1 Å². The molecule has 0 aliphatic rings. The highest BCUT2D eigenvalue weighted by atomic mass is 19.1. The molecule has 1 heterocycles. The van der Waals surface area contributed by atoms with Gasteiger partial charge in [0.1, 0.15) is 11.4 Å². The Hall–Kier alpha value is -2.17. The number of rotatable bonds is 2. The number of fused-ring (bicyclic) bond motifs is 1. The van der Waals surface area contributed by atoms with Crippen molar-refractivity contribution in [2.75, 3.05) is 7.11 Å². The first-order valence-corrected chi connectivity index (χ1v) is 4.91. The number of carboxylic acids is 1. The number of carbonyl (C=O) groups is 1. The zero-order valence-corrected chi connectivity index (χ0v) is 9.32. The van der Waals surface area contributed by atoms with Crippen LogP contribution in [0.2, 0.25) is 0 Å². The number of methoxy groups -OCH3 is 1. The molecule has 0 saturated heterocycles. The Bertz CT molecular complexity index is 610. The van der Waals surface area contributed by atoms with Crippen LogP contribution in [-0.2, 0) is 0 Å². The lowest BCUT2D eigenvalue weighted by Crippen LogP contribution is -2.03. The Morgan fingerprint density at radius 1 is 1.47 bits per heavy atom. The van der Waals surface area contributed by atoms with E-state index in [0.717, 1.165) is 0 Å². The number of halogens is 1. The van der Waals surface area contributed by atoms with Gasteiger partial charge in [-0.15, -0.1) is 0 Å². The second-order valence-electron chi connectivity index (χ2n) is 3.59. The van der Waals surface area contributed by atoms with Gasteiger partial charge in [-0.25, -0.2) is 14.2 Å². The van der Waals surface area contributed by atoms with Crippen LogP contribution in [0.1, 0.15) is 15.9 Å². The molecule has 4 nitrogen and oxygen atoms in total.